The number of rotatable bonds is 2. The Morgan fingerprint density at radius 2 is 1.85 bits per heavy atom. The Bertz CT molecular complexity index is 789. The molecule has 100 valence electrons. The first-order chi connectivity index (χ1) is 9.69. The fraction of sp³-hybridized carbons (Fsp3) is 0.0625. The van der Waals surface area contributed by atoms with Gasteiger partial charge in [-0.15, -0.1) is 0 Å². The summed E-state index contributed by atoms with van der Waals surface area (Å²) in [5, 5.41) is 19.1. The fourth-order valence-electron chi connectivity index (χ4n) is 2.34. The number of carboxylic acid groups (broad SMARTS) is 1. The number of aliphatic hydroxyl groups is 1. The highest BCUT2D eigenvalue weighted by Gasteiger charge is 2.08. The van der Waals surface area contributed by atoms with E-state index in [9.17, 15) is 9.90 Å². The van der Waals surface area contributed by atoms with Gasteiger partial charge in [-0.2, -0.15) is 0 Å². The predicted molar refractivity (Wildman–Crippen MR) is 76.7 cm³/mol. The summed E-state index contributed by atoms with van der Waals surface area (Å²) in [5.41, 5.74) is 3.52. The summed E-state index contributed by atoms with van der Waals surface area (Å²) < 4.78 is 1.20. The molecule has 0 atom stereocenters. The first-order valence-electron chi connectivity index (χ1n) is 6.23. The molecule has 20 heavy (non-hydrogen) atoms. The molecule has 1 aromatic heterocycles. The highest BCUT2D eigenvalue weighted by atomic mass is 16.4. The Balaban J connectivity index is 2.11. The van der Waals surface area contributed by atoms with Gasteiger partial charge >= 0.3 is 6.09 Å². The van der Waals surface area contributed by atoms with Crippen molar-refractivity contribution >= 4 is 17.0 Å². The lowest BCUT2D eigenvalue weighted by molar-refractivity contribution is 0.197. The van der Waals surface area contributed by atoms with Crippen LogP contribution in [0.4, 0.5) is 4.79 Å². The van der Waals surface area contributed by atoms with Crippen LogP contribution in [0.15, 0.2) is 54.7 Å². The quantitative estimate of drug-likeness (QED) is 0.748. The third kappa shape index (κ3) is 2.06. The number of aliphatic hydroxyl groups excluding tert-OH is 1. The van der Waals surface area contributed by atoms with Crippen molar-refractivity contribution in [3.05, 3.63) is 60.3 Å². The first kappa shape index (κ1) is 12.4. The van der Waals surface area contributed by atoms with Crippen molar-refractivity contribution in [1.82, 2.24) is 4.57 Å². The zero-order chi connectivity index (χ0) is 14.1. The topological polar surface area (TPSA) is 62.5 Å². The number of hydrogen-bond acceptors (Lipinski definition) is 2. The number of aromatic nitrogens is 1. The molecule has 0 saturated heterocycles. The lowest BCUT2D eigenvalue weighted by atomic mass is 10.0. The van der Waals surface area contributed by atoms with Gasteiger partial charge in [0, 0.05) is 11.6 Å². The maximum absolute atomic E-state index is 11.0. The molecule has 0 spiro atoms. The molecule has 2 N–H and O–H groups in total. The van der Waals surface area contributed by atoms with Crippen LogP contribution in [0.2, 0.25) is 0 Å². The molecule has 0 unspecified atom stereocenters. The van der Waals surface area contributed by atoms with Gasteiger partial charge in [-0.25, -0.2) is 4.79 Å². The molecular weight excluding hydrogens is 254 g/mol. The summed E-state index contributed by atoms with van der Waals surface area (Å²) in [6.07, 6.45) is 0.552. The molecule has 3 rings (SSSR count). The summed E-state index contributed by atoms with van der Waals surface area (Å²) >= 11 is 0. The van der Waals surface area contributed by atoms with Crippen LogP contribution in [0.5, 0.6) is 0 Å². The minimum atomic E-state index is -0.991. The summed E-state index contributed by atoms with van der Waals surface area (Å²) in [6.45, 7) is 0.00543. The van der Waals surface area contributed by atoms with Gasteiger partial charge in [0.05, 0.1) is 12.1 Å². The molecule has 0 fully saturated rings. The van der Waals surface area contributed by atoms with E-state index in [0.29, 0.717) is 5.52 Å². The van der Waals surface area contributed by atoms with Gasteiger partial charge in [-0.1, -0.05) is 24.3 Å². The van der Waals surface area contributed by atoms with Gasteiger partial charge in [0.25, 0.3) is 0 Å². The molecule has 0 aliphatic heterocycles. The average Bonchev–Trinajstić information content (AvgIpc) is 2.90. The SMILES string of the molecule is O=C(O)n1ccc2cc(-c3cccc(CO)c3)ccc21. The van der Waals surface area contributed by atoms with Crippen LogP contribution >= 0.6 is 0 Å². The van der Waals surface area contributed by atoms with Crippen LogP contribution in [0.25, 0.3) is 22.0 Å². The van der Waals surface area contributed by atoms with Crippen molar-refractivity contribution in [3.63, 3.8) is 0 Å². The van der Waals surface area contributed by atoms with Gasteiger partial charge in [0.15, 0.2) is 0 Å². The van der Waals surface area contributed by atoms with Gasteiger partial charge in [-0.05, 0) is 41.0 Å². The smallest absolute Gasteiger partial charge is 0.415 e. The molecule has 4 heteroatoms. The second-order valence-electron chi connectivity index (χ2n) is 4.60. The maximum Gasteiger partial charge on any atom is 0.415 e. The number of nitrogens with zero attached hydrogens (tertiary/aromatic N) is 1. The van der Waals surface area contributed by atoms with Crippen molar-refractivity contribution in [1.29, 1.82) is 0 Å². The minimum Gasteiger partial charge on any atom is -0.464 e. The lowest BCUT2D eigenvalue weighted by Gasteiger charge is -2.05. The third-order valence-corrected chi connectivity index (χ3v) is 3.34. The molecule has 4 nitrogen and oxygen atoms in total. The average molecular weight is 267 g/mol. The van der Waals surface area contributed by atoms with Gasteiger partial charge in [-0.3, -0.25) is 4.57 Å². The largest absolute Gasteiger partial charge is 0.464 e. The van der Waals surface area contributed by atoms with E-state index in [-0.39, 0.29) is 6.61 Å². The second kappa shape index (κ2) is 4.83. The zero-order valence-corrected chi connectivity index (χ0v) is 10.7. The monoisotopic (exact) mass is 267 g/mol. The van der Waals surface area contributed by atoms with Crippen LogP contribution in [-0.2, 0) is 6.61 Å². The predicted octanol–water partition coefficient (Wildman–Crippen LogP) is 3.33. The van der Waals surface area contributed by atoms with E-state index < -0.39 is 6.09 Å². The lowest BCUT2D eigenvalue weighted by Crippen LogP contribution is -2.05. The molecule has 3 aromatic rings. The van der Waals surface area contributed by atoms with Gasteiger partial charge < -0.3 is 10.2 Å². The second-order valence-corrected chi connectivity index (χ2v) is 4.60. The standard InChI is InChI=1S/C16H13NO3/c18-10-11-2-1-3-12(8-11)13-4-5-15-14(9-13)6-7-17(15)16(19)20/h1-9,18H,10H2,(H,19,20). The Kier molecular flexibility index (Phi) is 3.00. The van der Waals surface area contributed by atoms with E-state index in [2.05, 4.69) is 0 Å². The van der Waals surface area contributed by atoms with Crippen molar-refractivity contribution < 1.29 is 15.0 Å². The Morgan fingerprint density at radius 1 is 1.05 bits per heavy atom. The molecule has 0 bridgehead atoms. The molecule has 0 radical (unpaired) electrons. The first-order valence-corrected chi connectivity index (χ1v) is 6.23. The van der Waals surface area contributed by atoms with Gasteiger partial charge in [0.2, 0.25) is 0 Å². The number of fused-ring (bicyclic) bond motifs is 1. The van der Waals surface area contributed by atoms with Crippen LogP contribution in [0.3, 0.4) is 0 Å². The Hall–Kier alpha value is -2.59. The molecular formula is C16H13NO3. The molecule has 0 amide bonds. The van der Waals surface area contributed by atoms with Crippen molar-refractivity contribution in [2.24, 2.45) is 0 Å². The van der Waals surface area contributed by atoms with Crippen molar-refractivity contribution in [2.45, 2.75) is 6.61 Å². The number of benzene rings is 2. The van der Waals surface area contributed by atoms with Crippen LogP contribution < -0.4 is 0 Å². The highest BCUT2D eigenvalue weighted by Crippen LogP contribution is 2.26. The molecule has 0 aliphatic carbocycles. The normalized spacial score (nSPS) is 10.8. The fourth-order valence-corrected chi connectivity index (χ4v) is 2.34. The summed E-state index contributed by atoms with van der Waals surface area (Å²) in [5.74, 6) is 0. The summed E-state index contributed by atoms with van der Waals surface area (Å²) in [7, 11) is 0. The van der Waals surface area contributed by atoms with E-state index in [1.165, 1.54) is 4.57 Å². The minimum absolute atomic E-state index is 0.00543. The van der Waals surface area contributed by atoms with E-state index in [0.717, 1.165) is 22.1 Å². The van der Waals surface area contributed by atoms with Crippen LogP contribution in [-0.4, -0.2) is 20.9 Å². The Labute approximate surface area is 115 Å². The maximum atomic E-state index is 11.0. The highest BCUT2D eigenvalue weighted by molar-refractivity contribution is 5.91. The van der Waals surface area contributed by atoms with Crippen molar-refractivity contribution in [3.8, 4) is 11.1 Å². The van der Waals surface area contributed by atoms with Crippen LogP contribution in [0, 0.1) is 0 Å². The molecule has 1 heterocycles. The Morgan fingerprint density at radius 3 is 2.60 bits per heavy atom. The van der Waals surface area contributed by atoms with E-state index >= 15 is 0 Å². The summed E-state index contributed by atoms with van der Waals surface area (Å²) in [4.78, 5) is 11.0. The van der Waals surface area contributed by atoms with E-state index in [1.54, 1.807) is 18.3 Å². The molecule has 0 saturated carbocycles. The number of carbonyl (C=O) groups is 1. The van der Waals surface area contributed by atoms with Crippen molar-refractivity contribution in [2.75, 3.05) is 0 Å². The van der Waals surface area contributed by atoms with Crippen LogP contribution in [0.1, 0.15) is 5.56 Å². The van der Waals surface area contributed by atoms with E-state index in [1.807, 2.05) is 36.4 Å². The third-order valence-electron chi connectivity index (χ3n) is 3.34. The van der Waals surface area contributed by atoms with E-state index in [4.69, 9.17) is 5.11 Å². The molecule has 2 aromatic carbocycles. The number of hydrogen-bond donors (Lipinski definition) is 2. The summed E-state index contributed by atoms with van der Waals surface area (Å²) in [6, 6.07) is 15.1. The van der Waals surface area contributed by atoms with Gasteiger partial charge in [0.1, 0.15) is 0 Å². The molecule has 0 aliphatic rings. The zero-order valence-electron chi connectivity index (χ0n) is 10.7.